The van der Waals surface area contributed by atoms with Crippen molar-refractivity contribution in [1.29, 1.82) is 0 Å². The van der Waals surface area contributed by atoms with E-state index in [1.54, 1.807) is 0 Å². The maximum atomic E-state index is 12.3. The third kappa shape index (κ3) is 3.67. The van der Waals surface area contributed by atoms with E-state index in [1.165, 1.54) is 18.2 Å². The molecule has 0 aliphatic heterocycles. The number of sulfone groups is 1. The predicted molar refractivity (Wildman–Crippen MR) is 88.3 cm³/mol. The van der Waals surface area contributed by atoms with Gasteiger partial charge >= 0.3 is 0 Å². The second-order valence-electron chi connectivity index (χ2n) is 4.88. The Morgan fingerprint density at radius 1 is 1.18 bits per heavy atom. The number of hydrogen-bond acceptors (Lipinski definition) is 3. The quantitative estimate of drug-likeness (QED) is 0.927. The summed E-state index contributed by atoms with van der Waals surface area (Å²) in [6, 6.07) is 11.7. The highest BCUT2D eigenvalue weighted by molar-refractivity contribution is 7.90. The molecular formula is C16H16ClNO3S. The molecule has 0 unspecified atom stereocenters. The Labute approximate surface area is 135 Å². The van der Waals surface area contributed by atoms with Gasteiger partial charge in [0.15, 0.2) is 9.84 Å². The van der Waals surface area contributed by atoms with Gasteiger partial charge in [-0.1, -0.05) is 36.7 Å². The van der Waals surface area contributed by atoms with Crippen LogP contribution in [0.3, 0.4) is 0 Å². The summed E-state index contributed by atoms with van der Waals surface area (Å²) >= 11 is 5.88. The van der Waals surface area contributed by atoms with Gasteiger partial charge in [-0.05, 0) is 36.2 Å². The Morgan fingerprint density at radius 3 is 2.50 bits per heavy atom. The normalized spacial score (nSPS) is 11.2. The molecule has 1 N–H and O–H groups in total. The van der Waals surface area contributed by atoms with Crippen LogP contribution in [0.5, 0.6) is 0 Å². The fourth-order valence-corrected chi connectivity index (χ4v) is 3.38. The summed E-state index contributed by atoms with van der Waals surface area (Å²) in [5, 5.41) is 2.90. The standard InChI is InChI=1S/C16H16ClNO3S/c1-3-11-6-4-5-7-14(11)18-16(19)12-8-9-13(17)15(10-12)22(2,20)21/h4-10H,3H2,1-2H3,(H,18,19). The van der Waals surface area contributed by atoms with Crippen molar-refractivity contribution in [3.63, 3.8) is 0 Å². The molecule has 4 nitrogen and oxygen atoms in total. The summed E-state index contributed by atoms with van der Waals surface area (Å²) in [5.74, 6) is -0.373. The minimum Gasteiger partial charge on any atom is -0.322 e. The maximum Gasteiger partial charge on any atom is 0.255 e. The summed E-state index contributed by atoms with van der Waals surface area (Å²) in [7, 11) is -3.49. The Balaban J connectivity index is 2.35. The van der Waals surface area contributed by atoms with Gasteiger partial charge in [-0.15, -0.1) is 0 Å². The highest BCUT2D eigenvalue weighted by Gasteiger charge is 2.16. The first-order valence-corrected chi connectivity index (χ1v) is 8.98. The van der Waals surface area contributed by atoms with E-state index in [0.717, 1.165) is 18.2 Å². The van der Waals surface area contributed by atoms with Gasteiger partial charge in [0.1, 0.15) is 0 Å². The monoisotopic (exact) mass is 337 g/mol. The number of halogens is 1. The number of para-hydroxylation sites is 1. The molecule has 0 bridgehead atoms. The fourth-order valence-electron chi connectivity index (χ4n) is 2.07. The summed E-state index contributed by atoms with van der Waals surface area (Å²) in [6.07, 6.45) is 1.84. The largest absolute Gasteiger partial charge is 0.322 e. The lowest BCUT2D eigenvalue weighted by Crippen LogP contribution is -2.14. The van der Waals surface area contributed by atoms with E-state index < -0.39 is 9.84 Å². The molecular weight excluding hydrogens is 322 g/mol. The number of anilines is 1. The number of benzene rings is 2. The van der Waals surface area contributed by atoms with Gasteiger partial charge in [0.05, 0.1) is 9.92 Å². The molecule has 0 spiro atoms. The van der Waals surface area contributed by atoms with Crippen LogP contribution in [0.25, 0.3) is 0 Å². The van der Waals surface area contributed by atoms with E-state index in [2.05, 4.69) is 5.32 Å². The summed E-state index contributed by atoms with van der Waals surface area (Å²) in [6.45, 7) is 2.00. The van der Waals surface area contributed by atoms with E-state index in [0.29, 0.717) is 5.69 Å². The lowest BCUT2D eigenvalue weighted by Gasteiger charge is -2.10. The number of carbonyl (C=O) groups is 1. The highest BCUT2D eigenvalue weighted by Crippen LogP contribution is 2.23. The highest BCUT2D eigenvalue weighted by atomic mass is 35.5. The molecule has 0 aliphatic carbocycles. The molecule has 0 atom stereocenters. The van der Waals surface area contributed by atoms with Crippen LogP contribution in [0.15, 0.2) is 47.4 Å². The van der Waals surface area contributed by atoms with E-state index in [9.17, 15) is 13.2 Å². The summed E-state index contributed by atoms with van der Waals surface area (Å²) < 4.78 is 23.3. The molecule has 0 saturated heterocycles. The lowest BCUT2D eigenvalue weighted by atomic mass is 10.1. The van der Waals surface area contributed by atoms with Gasteiger partial charge < -0.3 is 5.32 Å². The van der Waals surface area contributed by atoms with Crippen LogP contribution in [-0.4, -0.2) is 20.6 Å². The van der Waals surface area contributed by atoms with Gasteiger partial charge in [-0.25, -0.2) is 8.42 Å². The van der Waals surface area contributed by atoms with E-state index in [4.69, 9.17) is 11.6 Å². The van der Waals surface area contributed by atoms with Crippen LogP contribution in [-0.2, 0) is 16.3 Å². The van der Waals surface area contributed by atoms with E-state index in [-0.39, 0.29) is 21.4 Å². The van der Waals surface area contributed by atoms with Gasteiger partial charge in [-0.2, -0.15) is 0 Å². The number of rotatable bonds is 4. The second-order valence-corrected chi connectivity index (χ2v) is 7.27. The maximum absolute atomic E-state index is 12.3. The number of amides is 1. The lowest BCUT2D eigenvalue weighted by molar-refractivity contribution is 0.102. The molecule has 0 fully saturated rings. The molecule has 0 aromatic heterocycles. The smallest absolute Gasteiger partial charge is 0.255 e. The minimum absolute atomic E-state index is 0.0504. The number of hydrogen-bond donors (Lipinski definition) is 1. The third-order valence-electron chi connectivity index (χ3n) is 3.24. The first-order chi connectivity index (χ1) is 10.3. The topological polar surface area (TPSA) is 63.2 Å². The van der Waals surface area contributed by atoms with Crippen LogP contribution >= 0.6 is 11.6 Å². The summed E-state index contributed by atoms with van der Waals surface area (Å²) in [5.41, 5.74) is 1.97. The molecule has 0 heterocycles. The van der Waals surface area contributed by atoms with Crippen LogP contribution in [0.2, 0.25) is 5.02 Å². The molecule has 22 heavy (non-hydrogen) atoms. The van der Waals surface area contributed by atoms with Gasteiger partial charge in [0.25, 0.3) is 5.91 Å². The predicted octanol–water partition coefficient (Wildman–Crippen LogP) is 3.56. The Hall–Kier alpha value is -1.85. The average Bonchev–Trinajstić information content (AvgIpc) is 2.47. The van der Waals surface area contributed by atoms with Crippen LogP contribution in [0.4, 0.5) is 5.69 Å². The van der Waals surface area contributed by atoms with Crippen molar-refractivity contribution in [3.8, 4) is 0 Å². The number of aryl methyl sites for hydroxylation is 1. The van der Waals surface area contributed by atoms with E-state index in [1.807, 2.05) is 31.2 Å². The first kappa shape index (κ1) is 16.5. The molecule has 2 aromatic carbocycles. The zero-order valence-electron chi connectivity index (χ0n) is 12.3. The SMILES string of the molecule is CCc1ccccc1NC(=O)c1ccc(Cl)c(S(C)(=O)=O)c1. The van der Waals surface area contributed by atoms with Crippen molar-refractivity contribution in [2.75, 3.05) is 11.6 Å². The molecule has 0 aliphatic rings. The van der Waals surface area contributed by atoms with Crippen LogP contribution < -0.4 is 5.32 Å². The van der Waals surface area contributed by atoms with E-state index >= 15 is 0 Å². The number of carbonyl (C=O) groups excluding carboxylic acids is 1. The van der Waals surface area contributed by atoms with Crippen molar-refractivity contribution in [2.24, 2.45) is 0 Å². The molecule has 0 saturated carbocycles. The Morgan fingerprint density at radius 2 is 1.86 bits per heavy atom. The minimum atomic E-state index is -3.49. The molecule has 2 aromatic rings. The van der Waals surface area contributed by atoms with Crippen molar-refractivity contribution < 1.29 is 13.2 Å². The Bertz CT molecular complexity index is 816. The van der Waals surface area contributed by atoms with Crippen LogP contribution in [0.1, 0.15) is 22.8 Å². The molecule has 1 amide bonds. The van der Waals surface area contributed by atoms with Gasteiger partial charge in [-0.3, -0.25) is 4.79 Å². The number of nitrogens with one attached hydrogen (secondary N) is 1. The van der Waals surface area contributed by atoms with Gasteiger partial charge in [0, 0.05) is 17.5 Å². The van der Waals surface area contributed by atoms with Crippen molar-refractivity contribution in [3.05, 3.63) is 58.6 Å². The summed E-state index contributed by atoms with van der Waals surface area (Å²) in [4.78, 5) is 12.3. The molecule has 6 heteroatoms. The van der Waals surface area contributed by atoms with Crippen molar-refractivity contribution in [2.45, 2.75) is 18.2 Å². The molecule has 116 valence electrons. The second kappa shape index (κ2) is 6.50. The fraction of sp³-hybridized carbons (Fsp3) is 0.188. The molecule has 0 radical (unpaired) electrons. The zero-order valence-corrected chi connectivity index (χ0v) is 13.8. The zero-order chi connectivity index (χ0) is 16.3. The van der Waals surface area contributed by atoms with Crippen LogP contribution in [0, 0.1) is 0 Å². The first-order valence-electron chi connectivity index (χ1n) is 6.71. The van der Waals surface area contributed by atoms with Crippen molar-refractivity contribution in [1.82, 2.24) is 0 Å². The Kier molecular flexibility index (Phi) is 4.88. The molecule has 2 rings (SSSR count). The van der Waals surface area contributed by atoms with Gasteiger partial charge in [0.2, 0.25) is 0 Å². The van der Waals surface area contributed by atoms with Crippen molar-refractivity contribution >= 4 is 33.0 Å². The average molecular weight is 338 g/mol. The third-order valence-corrected chi connectivity index (χ3v) is 4.82.